The minimum absolute atomic E-state index is 0.0874. The molecule has 1 aromatic carbocycles. The van der Waals surface area contributed by atoms with Gasteiger partial charge in [0.1, 0.15) is 5.82 Å². The third-order valence-electron chi connectivity index (χ3n) is 4.46. The van der Waals surface area contributed by atoms with E-state index in [1.807, 2.05) is 32.9 Å². The fourth-order valence-electron chi connectivity index (χ4n) is 2.89. The van der Waals surface area contributed by atoms with Crippen LogP contribution in [-0.4, -0.2) is 27.5 Å². The van der Waals surface area contributed by atoms with Crippen LogP contribution in [0, 0.1) is 13.8 Å². The van der Waals surface area contributed by atoms with Crippen molar-refractivity contribution in [3.63, 3.8) is 0 Å². The number of hydrogen-bond acceptors (Lipinski definition) is 5. The van der Waals surface area contributed by atoms with Gasteiger partial charge in [-0.1, -0.05) is 24.8 Å². The zero-order valence-electron chi connectivity index (χ0n) is 15.5. The van der Waals surface area contributed by atoms with E-state index in [1.54, 1.807) is 6.07 Å². The molecule has 0 saturated carbocycles. The lowest BCUT2D eigenvalue weighted by Gasteiger charge is -2.23. The van der Waals surface area contributed by atoms with Crippen LogP contribution in [0.25, 0.3) is 0 Å². The number of benzene rings is 1. The van der Waals surface area contributed by atoms with Crippen molar-refractivity contribution in [2.24, 2.45) is 0 Å². The molecule has 1 aromatic heterocycles. The highest BCUT2D eigenvalue weighted by Crippen LogP contribution is 2.30. The van der Waals surface area contributed by atoms with Gasteiger partial charge >= 0.3 is 0 Å². The number of anilines is 2. The fourth-order valence-corrected chi connectivity index (χ4v) is 3.61. The van der Waals surface area contributed by atoms with Crippen molar-refractivity contribution in [3.05, 3.63) is 45.2 Å². The molecular formula is C19H22N4O3S. The van der Waals surface area contributed by atoms with Gasteiger partial charge in [-0.3, -0.25) is 14.4 Å². The number of fused-ring (bicyclic) bond motifs is 1. The summed E-state index contributed by atoms with van der Waals surface area (Å²) in [6, 6.07) is 5.58. The lowest BCUT2D eigenvalue weighted by molar-refractivity contribution is -0.123. The van der Waals surface area contributed by atoms with Gasteiger partial charge in [0.05, 0.1) is 11.5 Å². The molecule has 27 heavy (non-hydrogen) atoms. The second-order valence-corrected chi connectivity index (χ2v) is 7.66. The number of carbonyl (C=O) groups is 2. The van der Waals surface area contributed by atoms with E-state index < -0.39 is 11.8 Å². The maximum absolute atomic E-state index is 12.8. The minimum atomic E-state index is -0.878. The number of carbonyl (C=O) groups excluding carboxylic acids is 2. The molecule has 0 aliphatic carbocycles. The molecule has 0 saturated heterocycles. The normalized spacial score (nSPS) is 15.8. The van der Waals surface area contributed by atoms with Gasteiger partial charge in [-0.2, -0.15) is 0 Å². The third kappa shape index (κ3) is 4.21. The van der Waals surface area contributed by atoms with E-state index in [0.717, 1.165) is 23.3 Å². The molecule has 7 nitrogen and oxygen atoms in total. The van der Waals surface area contributed by atoms with Crippen LogP contribution in [-0.2, 0) is 9.59 Å². The van der Waals surface area contributed by atoms with Gasteiger partial charge in [-0.25, -0.2) is 4.98 Å². The molecule has 142 valence electrons. The molecule has 0 fully saturated rings. The molecule has 3 rings (SSSR count). The monoisotopic (exact) mass is 386 g/mol. The summed E-state index contributed by atoms with van der Waals surface area (Å²) >= 11 is 1.41. The van der Waals surface area contributed by atoms with Crippen molar-refractivity contribution >= 4 is 35.1 Å². The van der Waals surface area contributed by atoms with E-state index in [4.69, 9.17) is 0 Å². The number of rotatable bonds is 5. The molecule has 3 N–H and O–H groups in total. The van der Waals surface area contributed by atoms with Crippen LogP contribution >= 0.6 is 11.8 Å². The quantitative estimate of drug-likeness (QED) is 0.541. The zero-order chi connectivity index (χ0) is 19.6. The van der Waals surface area contributed by atoms with E-state index in [-0.39, 0.29) is 29.3 Å². The first kappa shape index (κ1) is 19.2. The number of hydrogen-bond donors (Lipinski definition) is 3. The Hall–Kier alpha value is -2.61. The third-order valence-corrected chi connectivity index (χ3v) is 5.54. The Morgan fingerprint density at radius 3 is 2.78 bits per heavy atom. The molecule has 0 unspecified atom stereocenters. The standard InChI is InChI=1S/C19H22N4O3S/c1-4-7-27-19-22-16-15(18(26)23-19)13(9-14(24)21-16)17(25)20-12-6-5-10(2)11(3)8-12/h5-6,8,13H,4,7,9H2,1-3H3,(H,20,25)(H2,21,22,23,24,26)/t13-/m0/s1. The number of amides is 2. The Morgan fingerprint density at radius 2 is 2.07 bits per heavy atom. The van der Waals surface area contributed by atoms with E-state index >= 15 is 0 Å². The predicted octanol–water partition coefficient (Wildman–Crippen LogP) is 2.95. The summed E-state index contributed by atoms with van der Waals surface area (Å²) in [6.45, 7) is 5.97. The second-order valence-electron chi connectivity index (χ2n) is 6.57. The number of aromatic nitrogens is 2. The number of aromatic amines is 1. The summed E-state index contributed by atoms with van der Waals surface area (Å²) in [4.78, 5) is 44.5. The summed E-state index contributed by atoms with van der Waals surface area (Å²) in [5, 5.41) is 5.87. The second kappa shape index (κ2) is 7.96. The van der Waals surface area contributed by atoms with Crippen molar-refractivity contribution in [1.82, 2.24) is 9.97 Å². The number of thioether (sulfide) groups is 1. The van der Waals surface area contributed by atoms with Crippen LogP contribution in [0.2, 0.25) is 0 Å². The summed E-state index contributed by atoms with van der Waals surface area (Å²) < 4.78 is 0. The topological polar surface area (TPSA) is 104 Å². The lowest BCUT2D eigenvalue weighted by atomic mass is 9.92. The molecule has 1 aliphatic heterocycles. The highest BCUT2D eigenvalue weighted by Gasteiger charge is 2.34. The summed E-state index contributed by atoms with van der Waals surface area (Å²) in [5.74, 6) is -0.625. The Balaban J connectivity index is 1.90. The van der Waals surface area contributed by atoms with Crippen LogP contribution < -0.4 is 16.2 Å². The highest BCUT2D eigenvalue weighted by molar-refractivity contribution is 7.99. The summed E-state index contributed by atoms with van der Waals surface area (Å²) in [5.41, 5.74) is 2.62. The van der Waals surface area contributed by atoms with Gasteiger partial charge in [0.2, 0.25) is 11.8 Å². The van der Waals surface area contributed by atoms with Gasteiger partial charge in [0.25, 0.3) is 5.56 Å². The van der Waals surface area contributed by atoms with Crippen LogP contribution in [0.4, 0.5) is 11.5 Å². The van der Waals surface area contributed by atoms with E-state index in [0.29, 0.717) is 10.8 Å². The first-order chi connectivity index (χ1) is 12.9. The first-order valence-corrected chi connectivity index (χ1v) is 9.82. The Kier molecular flexibility index (Phi) is 5.65. The fraction of sp³-hybridized carbons (Fsp3) is 0.368. The molecule has 0 bridgehead atoms. The lowest BCUT2D eigenvalue weighted by Crippen LogP contribution is -2.36. The summed E-state index contributed by atoms with van der Waals surface area (Å²) in [6.07, 6.45) is 0.842. The largest absolute Gasteiger partial charge is 0.326 e. The number of aryl methyl sites for hydroxylation is 2. The van der Waals surface area contributed by atoms with E-state index in [1.165, 1.54) is 11.8 Å². The van der Waals surface area contributed by atoms with Crippen molar-refractivity contribution < 1.29 is 9.59 Å². The predicted molar refractivity (Wildman–Crippen MR) is 106 cm³/mol. The smallest absolute Gasteiger partial charge is 0.257 e. The number of H-pyrrole nitrogens is 1. The Morgan fingerprint density at radius 1 is 1.30 bits per heavy atom. The molecule has 2 heterocycles. The maximum Gasteiger partial charge on any atom is 0.257 e. The average molecular weight is 386 g/mol. The highest BCUT2D eigenvalue weighted by atomic mass is 32.2. The van der Waals surface area contributed by atoms with E-state index in [9.17, 15) is 14.4 Å². The molecular weight excluding hydrogens is 364 g/mol. The maximum atomic E-state index is 12.8. The number of nitrogens with one attached hydrogen (secondary N) is 3. The van der Waals surface area contributed by atoms with Crippen LogP contribution in [0.1, 0.15) is 42.4 Å². The molecule has 0 radical (unpaired) electrons. The van der Waals surface area contributed by atoms with Crippen molar-refractivity contribution in [3.8, 4) is 0 Å². The minimum Gasteiger partial charge on any atom is -0.326 e. The SMILES string of the molecule is CCCSc1nc2c(c(=O)[nH]1)[C@@H](C(=O)Nc1ccc(C)c(C)c1)CC(=O)N2. The van der Waals surface area contributed by atoms with Crippen LogP contribution in [0.15, 0.2) is 28.2 Å². The van der Waals surface area contributed by atoms with Crippen LogP contribution in [0.3, 0.4) is 0 Å². The molecule has 1 aliphatic rings. The van der Waals surface area contributed by atoms with Gasteiger partial charge in [0.15, 0.2) is 5.16 Å². The molecule has 8 heteroatoms. The van der Waals surface area contributed by atoms with Gasteiger partial charge in [-0.05, 0) is 43.5 Å². The Bertz CT molecular complexity index is 954. The summed E-state index contributed by atoms with van der Waals surface area (Å²) in [7, 11) is 0. The molecule has 2 aromatic rings. The Labute approximate surface area is 161 Å². The van der Waals surface area contributed by atoms with Gasteiger partial charge in [0, 0.05) is 17.9 Å². The van der Waals surface area contributed by atoms with Crippen molar-refractivity contribution in [1.29, 1.82) is 0 Å². The molecule has 2 amide bonds. The molecule has 0 spiro atoms. The van der Waals surface area contributed by atoms with Gasteiger partial charge in [-0.15, -0.1) is 0 Å². The van der Waals surface area contributed by atoms with Gasteiger partial charge < -0.3 is 15.6 Å². The zero-order valence-corrected chi connectivity index (χ0v) is 16.3. The van der Waals surface area contributed by atoms with Crippen molar-refractivity contribution in [2.75, 3.05) is 16.4 Å². The molecule has 1 atom stereocenters. The average Bonchev–Trinajstić information content (AvgIpc) is 2.62. The van der Waals surface area contributed by atoms with E-state index in [2.05, 4.69) is 20.6 Å². The number of nitrogens with zero attached hydrogens (tertiary/aromatic N) is 1. The first-order valence-electron chi connectivity index (χ1n) is 8.84. The van der Waals surface area contributed by atoms with Crippen LogP contribution in [0.5, 0.6) is 0 Å². The van der Waals surface area contributed by atoms with Crippen molar-refractivity contribution in [2.45, 2.75) is 44.7 Å².